The zero-order chi connectivity index (χ0) is 23.8. The molecule has 0 spiro atoms. The number of carbonyl (C=O) groups is 1. The highest BCUT2D eigenvalue weighted by atomic mass is 19.1. The lowest BCUT2D eigenvalue weighted by Crippen LogP contribution is -2.36. The summed E-state index contributed by atoms with van der Waals surface area (Å²) >= 11 is 0. The number of nitrogens with one attached hydrogen (secondary N) is 1. The molecule has 3 heterocycles. The largest absolute Gasteiger partial charge is 0.472 e. The van der Waals surface area contributed by atoms with Crippen molar-refractivity contribution < 1.29 is 23.0 Å². The van der Waals surface area contributed by atoms with Gasteiger partial charge in [0.2, 0.25) is 5.88 Å². The number of aromatic nitrogens is 3. The molecule has 8 nitrogen and oxygen atoms in total. The van der Waals surface area contributed by atoms with Gasteiger partial charge in [-0.3, -0.25) is 0 Å². The van der Waals surface area contributed by atoms with Crippen molar-refractivity contribution in [2.75, 3.05) is 18.4 Å². The van der Waals surface area contributed by atoms with Crippen LogP contribution in [0, 0.1) is 18.6 Å². The summed E-state index contributed by atoms with van der Waals surface area (Å²) in [7, 11) is 0. The van der Waals surface area contributed by atoms with Gasteiger partial charge in [0.25, 0.3) is 0 Å². The number of likely N-dealkylation sites (tertiary alicyclic amines) is 1. The van der Waals surface area contributed by atoms with Crippen LogP contribution in [0.2, 0.25) is 0 Å². The Bertz CT molecular complexity index is 1200. The van der Waals surface area contributed by atoms with Crippen molar-refractivity contribution in [1.29, 1.82) is 0 Å². The minimum Gasteiger partial charge on any atom is -0.472 e. The fourth-order valence-electron chi connectivity index (χ4n) is 3.45. The predicted octanol–water partition coefficient (Wildman–Crippen LogP) is 4.74. The van der Waals surface area contributed by atoms with Crippen LogP contribution in [0.25, 0.3) is 11.0 Å². The highest BCUT2D eigenvalue weighted by Crippen LogP contribution is 2.28. The number of pyridine rings is 1. The molecule has 0 unspecified atom stereocenters. The summed E-state index contributed by atoms with van der Waals surface area (Å²) in [6.07, 6.45) is 1.34. The summed E-state index contributed by atoms with van der Waals surface area (Å²) in [4.78, 5) is 26.7. The van der Waals surface area contributed by atoms with E-state index in [-0.39, 0.29) is 29.3 Å². The van der Waals surface area contributed by atoms with Gasteiger partial charge in [-0.15, -0.1) is 0 Å². The quantitative estimate of drug-likeness (QED) is 0.605. The predicted molar refractivity (Wildman–Crippen MR) is 119 cm³/mol. The molecule has 1 atom stereocenters. The molecule has 1 saturated heterocycles. The van der Waals surface area contributed by atoms with E-state index in [1.165, 1.54) is 25.4 Å². The number of carbonyl (C=O) groups excluding carboxylic acids is 1. The van der Waals surface area contributed by atoms with Gasteiger partial charge in [0.15, 0.2) is 11.6 Å². The molecule has 10 heteroatoms. The second kappa shape index (κ2) is 8.76. The molecule has 1 aliphatic rings. The zero-order valence-electron chi connectivity index (χ0n) is 18.9. The van der Waals surface area contributed by atoms with Crippen LogP contribution in [0.5, 0.6) is 5.88 Å². The first-order valence-corrected chi connectivity index (χ1v) is 10.6. The fourth-order valence-corrected chi connectivity index (χ4v) is 3.45. The second-order valence-corrected chi connectivity index (χ2v) is 8.85. The summed E-state index contributed by atoms with van der Waals surface area (Å²) in [6.45, 7) is 7.72. The van der Waals surface area contributed by atoms with Crippen molar-refractivity contribution in [2.24, 2.45) is 0 Å². The van der Waals surface area contributed by atoms with Gasteiger partial charge in [-0.25, -0.2) is 28.5 Å². The molecule has 1 N–H and O–H groups in total. The monoisotopic (exact) mass is 457 g/mol. The van der Waals surface area contributed by atoms with E-state index < -0.39 is 17.2 Å². The van der Waals surface area contributed by atoms with Crippen LogP contribution in [-0.2, 0) is 4.74 Å². The number of hydrogen-bond acceptors (Lipinski definition) is 7. The summed E-state index contributed by atoms with van der Waals surface area (Å²) in [6, 6.07) is 5.88. The Kier molecular flexibility index (Phi) is 6.01. The molecule has 0 radical (unpaired) electrons. The van der Waals surface area contributed by atoms with E-state index in [0.29, 0.717) is 36.4 Å². The van der Waals surface area contributed by atoms with Crippen molar-refractivity contribution in [2.45, 2.75) is 45.8 Å². The number of nitrogens with zero attached hydrogens (tertiary/aromatic N) is 4. The maximum atomic E-state index is 14.5. The van der Waals surface area contributed by atoms with Crippen LogP contribution < -0.4 is 10.1 Å². The Hall–Kier alpha value is -3.56. The smallest absolute Gasteiger partial charge is 0.410 e. The molecule has 1 aromatic carbocycles. The lowest BCUT2D eigenvalue weighted by Gasteiger charge is -2.24. The van der Waals surface area contributed by atoms with Crippen molar-refractivity contribution in [3.63, 3.8) is 0 Å². The molecular formula is C23H25F2N5O3. The summed E-state index contributed by atoms with van der Waals surface area (Å²) in [5, 5.41) is 2.87. The standard InChI is InChI=1S/C23H25F2N5O3/c1-13-15(24)5-6-16(19(13)25)28-21-20-17(26-12-27-21)7-8-18(29-20)32-14-9-10-30(11-14)22(31)33-23(2,3)4/h5-8,12,14H,9-11H2,1-4H3,(H,26,27,28)/t14-/m0/s1. The van der Waals surface area contributed by atoms with Gasteiger partial charge < -0.3 is 19.7 Å². The molecular weight excluding hydrogens is 432 g/mol. The van der Waals surface area contributed by atoms with Crippen molar-refractivity contribution in [3.8, 4) is 5.88 Å². The van der Waals surface area contributed by atoms with Crippen LogP contribution in [0.3, 0.4) is 0 Å². The number of halogens is 2. The molecule has 4 rings (SSSR count). The highest BCUT2D eigenvalue weighted by Gasteiger charge is 2.31. The lowest BCUT2D eigenvalue weighted by molar-refractivity contribution is 0.0275. The molecule has 174 valence electrons. The first-order valence-electron chi connectivity index (χ1n) is 10.6. The number of anilines is 2. The lowest BCUT2D eigenvalue weighted by atomic mass is 10.2. The molecule has 3 aromatic rings. The molecule has 1 fully saturated rings. The topological polar surface area (TPSA) is 89.5 Å². The normalized spacial score (nSPS) is 16.2. The van der Waals surface area contributed by atoms with E-state index in [1.54, 1.807) is 17.0 Å². The Morgan fingerprint density at radius 3 is 2.73 bits per heavy atom. The van der Waals surface area contributed by atoms with E-state index in [1.807, 2.05) is 20.8 Å². The van der Waals surface area contributed by atoms with Crippen LogP contribution in [0.1, 0.15) is 32.8 Å². The Morgan fingerprint density at radius 2 is 1.97 bits per heavy atom. The van der Waals surface area contributed by atoms with E-state index in [4.69, 9.17) is 9.47 Å². The molecule has 0 bridgehead atoms. The Balaban J connectivity index is 1.52. The highest BCUT2D eigenvalue weighted by molar-refractivity contribution is 5.87. The first kappa shape index (κ1) is 22.6. The molecule has 1 amide bonds. The van der Waals surface area contributed by atoms with Gasteiger partial charge in [0.05, 0.1) is 17.7 Å². The van der Waals surface area contributed by atoms with Crippen LogP contribution in [0.15, 0.2) is 30.6 Å². The van der Waals surface area contributed by atoms with Crippen molar-refractivity contribution in [1.82, 2.24) is 19.9 Å². The van der Waals surface area contributed by atoms with E-state index in [9.17, 15) is 13.6 Å². The minimum absolute atomic E-state index is 0.0748. The van der Waals surface area contributed by atoms with E-state index >= 15 is 0 Å². The summed E-state index contributed by atoms with van der Waals surface area (Å²) in [5.74, 6) is -0.747. The number of hydrogen-bond donors (Lipinski definition) is 1. The van der Waals surface area contributed by atoms with Gasteiger partial charge >= 0.3 is 6.09 Å². The fraction of sp³-hybridized carbons (Fsp3) is 0.391. The average Bonchev–Trinajstić information content (AvgIpc) is 3.22. The maximum Gasteiger partial charge on any atom is 0.410 e. The molecule has 2 aromatic heterocycles. The van der Waals surface area contributed by atoms with Gasteiger partial charge in [-0.05, 0) is 45.9 Å². The van der Waals surface area contributed by atoms with Crippen molar-refractivity contribution >= 4 is 28.6 Å². The van der Waals surface area contributed by atoms with Crippen LogP contribution >= 0.6 is 0 Å². The third kappa shape index (κ3) is 5.10. The number of rotatable bonds is 4. The second-order valence-electron chi connectivity index (χ2n) is 8.85. The van der Waals surface area contributed by atoms with Crippen molar-refractivity contribution in [3.05, 3.63) is 47.8 Å². The summed E-state index contributed by atoms with van der Waals surface area (Å²) in [5.41, 5.74) is 0.318. The maximum absolute atomic E-state index is 14.5. The van der Waals surface area contributed by atoms with E-state index in [0.717, 1.165) is 0 Å². The van der Waals surface area contributed by atoms with Crippen LogP contribution in [0.4, 0.5) is 25.1 Å². The third-order valence-electron chi connectivity index (χ3n) is 5.11. The number of amides is 1. The van der Waals surface area contributed by atoms with E-state index in [2.05, 4.69) is 20.3 Å². The number of benzene rings is 1. The molecule has 0 saturated carbocycles. The number of ether oxygens (including phenoxy) is 2. The SMILES string of the molecule is Cc1c(F)ccc(Nc2ncnc3ccc(O[C@H]4CCN(C(=O)OC(C)(C)C)C4)nc23)c1F. The molecule has 33 heavy (non-hydrogen) atoms. The molecule has 0 aliphatic carbocycles. The zero-order valence-corrected chi connectivity index (χ0v) is 18.9. The van der Waals surface area contributed by atoms with Gasteiger partial charge in [-0.2, -0.15) is 0 Å². The van der Waals surface area contributed by atoms with Gasteiger partial charge in [0, 0.05) is 24.6 Å². The van der Waals surface area contributed by atoms with Gasteiger partial charge in [-0.1, -0.05) is 0 Å². The van der Waals surface area contributed by atoms with Crippen LogP contribution in [-0.4, -0.2) is 50.7 Å². The number of fused-ring (bicyclic) bond motifs is 1. The Labute approximate surface area is 190 Å². The minimum atomic E-state index is -0.706. The summed E-state index contributed by atoms with van der Waals surface area (Å²) < 4.78 is 39.5. The van der Waals surface area contributed by atoms with Gasteiger partial charge in [0.1, 0.15) is 29.4 Å². The third-order valence-corrected chi connectivity index (χ3v) is 5.11. The first-order chi connectivity index (χ1) is 15.6. The Morgan fingerprint density at radius 1 is 1.18 bits per heavy atom. The average molecular weight is 457 g/mol. The molecule has 1 aliphatic heterocycles.